The van der Waals surface area contributed by atoms with Crippen LogP contribution in [-0.2, 0) is 10.2 Å². The minimum Gasteiger partial charge on any atom is -0.486 e. The zero-order valence-corrected chi connectivity index (χ0v) is 15.0. The van der Waals surface area contributed by atoms with Crippen molar-refractivity contribution in [2.45, 2.75) is 63.2 Å². The number of amides is 1. The van der Waals surface area contributed by atoms with Gasteiger partial charge in [0.05, 0.1) is 0 Å². The van der Waals surface area contributed by atoms with Crippen LogP contribution in [0.5, 0.6) is 11.5 Å². The molecule has 1 amide bonds. The predicted molar refractivity (Wildman–Crippen MR) is 97.2 cm³/mol. The lowest BCUT2D eigenvalue weighted by molar-refractivity contribution is -0.126. The summed E-state index contributed by atoms with van der Waals surface area (Å²) in [7, 11) is 0. The lowest BCUT2D eigenvalue weighted by Crippen LogP contribution is -2.42. The molecule has 2 saturated carbocycles. The van der Waals surface area contributed by atoms with Gasteiger partial charge in [0.25, 0.3) is 0 Å². The summed E-state index contributed by atoms with van der Waals surface area (Å²) in [4.78, 5) is 12.6. The molecule has 1 heterocycles. The molecular formula is C21H29NO3. The topological polar surface area (TPSA) is 47.6 Å². The Morgan fingerprint density at radius 1 is 1.00 bits per heavy atom. The van der Waals surface area contributed by atoms with E-state index in [4.69, 9.17) is 9.47 Å². The van der Waals surface area contributed by atoms with Crippen LogP contribution < -0.4 is 14.8 Å². The summed E-state index contributed by atoms with van der Waals surface area (Å²) < 4.78 is 11.4. The monoisotopic (exact) mass is 343 g/mol. The second-order valence-electron chi connectivity index (χ2n) is 7.90. The molecule has 0 atom stereocenters. The van der Waals surface area contributed by atoms with Crippen molar-refractivity contribution in [3.63, 3.8) is 0 Å². The minimum absolute atomic E-state index is 0.0557. The van der Waals surface area contributed by atoms with E-state index in [-0.39, 0.29) is 17.2 Å². The fraction of sp³-hybridized carbons (Fsp3) is 0.667. The number of hydrogen-bond acceptors (Lipinski definition) is 3. The molecule has 0 bridgehead atoms. The highest BCUT2D eigenvalue weighted by atomic mass is 16.6. The Balaban J connectivity index is 1.48. The zero-order valence-electron chi connectivity index (χ0n) is 15.0. The molecule has 4 rings (SSSR count). The molecule has 1 aromatic rings. The van der Waals surface area contributed by atoms with E-state index in [1.807, 2.05) is 6.07 Å². The van der Waals surface area contributed by atoms with Crippen LogP contribution in [0.4, 0.5) is 0 Å². The third-order valence-electron chi connectivity index (χ3n) is 6.29. The molecule has 0 spiro atoms. The number of rotatable bonds is 4. The highest BCUT2D eigenvalue weighted by Gasteiger charge is 2.37. The second-order valence-corrected chi connectivity index (χ2v) is 7.90. The van der Waals surface area contributed by atoms with Crippen LogP contribution in [0.25, 0.3) is 0 Å². The first kappa shape index (κ1) is 16.7. The van der Waals surface area contributed by atoms with E-state index in [2.05, 4.69) is 17.4 Å². The van der Waals surface area contributed by atoms with Crippen LogP contribution in [0.15, 0.2) is 18.2 Å². The average molecular weight is 343 g/mol. The number of carbonyl (C=O) groups excluding carboxylic acids is 1. The number of benzene rings is 1. The highest BCUT2D eigenvalue weighted by molar-refractivity contribution is 5.78. The van der Waals surface area contributed by atoms with Gasteiger partial charge in [-0.25, -0.2) is 0 Å². The largest absolute Gasteiger partial charge is 0.486 e. The molecule has 0 saturated heterocycles. The van der Waals surface area contributed by atoms with Crippen LogP contribution >= 0.6 is 0 Å². The predicted octanol–water partition coefficient (Wildman–Crippen LogP) is 3.97. The molecule has 0 aromatic heterocycles. The third kappa shape index (κ3) is 3.49. The number of carbonyl (C=O) groups is 1. The molecule has 1 aliphatic heterocycles. The Hall–Kier alpha value is -1.71. The van der Waals surface area contributed by atoms with Gasteiger partial charge >= 0.3 is 0 Å². The summed E-state index contributed by atoms with van der Waals surface area (Å²) in [5, 5.41) is 3.30. The highest BCUT2D eigenvalue weighted by Crippen LogP contribution is 2.44. The number of hydrogen-bond donors (Lipinski definition) is 1. The smallest absolute Gasteiger partial charge is 0.223 e. The SMILES string of the molecule is O=C(NCC1(c2ccc3c(c2)OCCO3)CCCC1)C1CCCCC1. The summed E-state index contributed by atoms with van der Waals surface area (Å²) in [5.41, 5.74) is 1.35. The molecule has 4 nitrogen and oxygen atoms in total. The lowest BCUT2D eigenvalue weighted by atomic mass is 9.78. The summed E-state index contributed by atoms with van der Waals surface area (Å²) in [5.74, 6) is 2.19. The average Bonchev–Trinajstić information content (AvgIpc) is 3.16. The summed E-state index contributed by atoms with van der Waals surface area (Å²) in [6.45, 7) is 1.98. The van der Waals surface area contributed by atoms with E-state index in [1.165, 1.54) is 37.7 Å². The Morgan fingerprint density at radius 2 is 1.72 bits per heavy atom. The second kappa shape index (κ2) is 7.27. The Labute approximate surface area is 150 Å². The molecule has 136 valence electrons. The van der Waals surface area contributed by atoms with Crippen LogP contribution in [0.1, 0.15) is 63.4 Å². The van der Waals surface area contributed by atoms with Crippen molar-refractivity contribution < 1.29 is 14.3 Å². The molecule has 1 N–H and O–H groups in total. The summed E-state index contributed by atoms with van der Waals surface area (Å²) in [6, 6.07) is 6.35. The van der Waals surface area contributed by atoms with E-state index >= 15 is 0 Å². The van der Waals surface area contributed by atoms with Crippen LogP contribution in [0.3, 0.4) is 0 Å². The molecule has 0 unspecified atom stereocenters. The Morgan fingerprint density at radius 3 is 2.48 bits per heavy atom. The van der Waals surface area contributed by atoms with Crippen molar-refractivity contribution in [2.75, 3.05) is 19.8 Å². The van der Waals surface area contributed by atoms with E-state index in [0.29, 0.717) is 13.2 Å². The van der Waals surface area contributed by atoms with Gasteiger partial charge < -0.3 is 14.8 Å². The molecule has 2 fully saturated rings. The molecular weight excluding hydrogens is 314 g/mol. The van der Waals surface area contributed by atoms with Gasteiger partial charge in [0.2, 0.25) is 5.91 Å². The first-order valence-corrected chi connectivity index (χ1v) is 9.95. The van der Waals surface area contributed by atoms with Gasteiger partial charge in [-0.3, -0.25) is 4.79 Å². The zero-order chi connectivity index (χ0) is 17.1. The molecule has 0 radical (unpaired) electrons. The molecule has 2 aliphatic carbocycles. The first-order chi connectivity index (χ1) is 12.3. The minimum atomic E-state index is 0.0557. The van der Waals surface area contributed by atoms with Crippen molar-refractivity contribution in [1.29, 1.82) is 0 Å². The maximum atomic E-state index is 12.6. The van der Waals surface area contributed by atoms with E-state index < -0.39 is 0 Å². The van der Waals surface area contributed by atoms with E-state index in [1.54, 1.807) is 0 Å². The van der Waals surface area contributed by atoms with Gasteiger partial charge in [-0.2, -0.15) is 0 Å². The Bertz CT molecular complexity index is 616. The quantitative estimate of drug-likeness (QED) is 0.900. The normalized spacial score (nSPS) is 22.6. The van der Waals surface area contributed by atoms with Crippen molar-refractivity contribution >= 4 is 5.91 Å². The first-order valence-electron chi connectivity index (χ1n) is 9.95. The fourth-order valence-corrected chi connectivity index (χ4v) is 4.76. The van der Waals surface area contributed by atoms with Gasteiger partial charge in [0.1, 0.15) is 13.2 Å². The maximum Gasteiger partial charge on any atom is 0.223 e. The van der Waals surface area contributed by atoms with Gasteiger partial charge in [-0.1, -0.05) is 38.2 Å². The standard InChI is InChI=1S/C21H29NO3/c23-20(16-6-2-1-3-7-16)22-15-21(10-4-5-11-21)17-8-9-18-19(14-17)25-13-12-24-18/h8-9,14,16H,1-7,10-13,15H2,(H,22,23). The van der Waals surface area contributed by atoms with Crippen LogP contribution in [0.2, 0.25) is 0 Å². The van der Waals surface area contributed by atoms with Gasteiger partial charge in [0.15, 0.2) is 11.5 Å². The number of fused-ring (bicyclic) bond motifs is 1. The van der Waals surface area contributed by atoms with Gasteiger partial charge in [0, 0.05) is 17.9 Å². The van der Waals surface area contributed by atoms with Crippen molar-refractivity contribution in [2.24, 2.45) is 5.92 Å². The van der Waals surface area contributed by atoms with Gasteiger partial charge in [-0.15, -0.1) is 0 Å². The fourth-order valence-electron chi connectivity index (χ4n) is 4.76. The van der Waals surface area contributed by atoms with Crippen molar-refractivity contribution in [3.05, 3.63) is 23.8 Å². The Kier molecular flexibility index (Phi) is 4.87. The number of ether oxygens (including phenoxy) is 2. The molecule has 4 heteroatoms. The number of nitrogens with one attached hydrogen (secondary N) is 1. The summed E-state index contributed by atoms with van der Waals surface area (Å²) >= 11 is 0. The molecule has 25 heavy (non-hydrogen) atoms. The van der Waals surface area contributed by atoms with Crippen molar-refractivity contribution in [3.8, 4) is 11.5 Å². The van der Waals surface area contributed by atoms with Crippen LogP contribution in [0, 0.1) is 5.92 Å². The third-order valence-corrected chi connectivity index (χ3v) is 6.29. The van der Waals surface area contributed by atoms with Crippen molar-refractivity contribution in [1.82, 2.24) is 5.32 Å². The molecule has 3 aliphatic rings. The van der Waals surface area contributed by atoms with Crippen LogP contribution in [-0.4, -0.2) is 25.7 Å². The molecule has 1 aromatic carbocycles. The van der Waals surface area contributed by atoms with E-state index in [9.17, 15) is 4.79 Å². The lowest BCUT2D eigenvalue weighted by Gasteiger charge is -2.32. The van der Waals surface area contributed by atoms with Gasteiger partial charge in [-0.05, 0) is 43.4 Å². The maximum absolute atomic E-state index is 12.6. The summed E-state index contributed by atoms with van der Waals surface area (Å²) in [6.07, 6.45) is 10.5. The van der Waals surface area contributed by atoms with E-state index in [0.717, 1.165) is 43.7 Å².